The fraction of sp³-hybridized carbons (Fsp3) is 0.667. The SMILES string of the molecule is O=C(c1cc(C2CC2)[nH]n1)N1CCC2(CCCO2)C(=O)C1. The van der Waals surface area contributed by atoms with E-state index in [4.69, 9.17) is 4.74 Å². The number of amides is 1. The van der Waals surface area contributed by atoms with E-state index < -0.39 is 5.60 Å². The first-order chi connectivity index (χ1) is 10.2. The van der Waals surface area contributed by atoms with Gasteiger partial charge >= 0.3 is 0 Å². The molecular weight excluding hydrogens is 270 g/mol. The summed E-state index contributed by atoms with van der Waals surface area (Å²) in [4.78, 5) is 26.4. The highest BCUT2D eigenvalue weighted by molar-refractivity contribution is 5.98. The first kappa shape index (κ1) is 13.0. The van der Waals surface area contributed by atoms with Crippen molar-refractivity contribution in [2.24, 2.45) is 0 Å². The Morgan fingerprint density at radius 2 is 2.29 bits per heavy atom. The largest absolute Gasteiger partial charge is 0.367 e. The molecule has 6 heteroatoms. The van der Waals surface area contributed by atoms with E-state index in [2.05, 4.69) is 10.2 Å². The smallest absolute Gasteiger partial charge is 0.274 e. The van der Waals surface area contributed by atoms with E-state index in [0.717, 1.165) is 31.4 Å². The average molecular weight is 289 g/mol. The molecular formula is C15H19N3O3. The van der Waals surface area contributed by atoms with Crippen molar-refractivity contribution in [3.05, 3.63) is 17.5 Å². The summed E-state index contributed by atoms with van der Waals surface area (Å²) in [5.41, 5.74) is 0.854. The third-order valence-electron chi connectivity index (χ3n) is 4.85. The van der Waals surface area contributed by atoms with Gasteiger partial charge in [-0.25, -0.2) is 0 Å². The highest BCUT2D eigenvalue weighted by Gasteiger charge is 2.46. The number of hydrogen-bond acceptors (Lipinski definition) is 4. The summed E-state index contributed by atoms with van der Waals surface area (Å²) >= 11 is 0. The maximum absolute atomic E-state index is 12.5. The number of Topliss-reactive ketones (excluding diaryl/α,β-unsaturated/α-hetero) is 1. The Balaban J connectivity index is 1.46. The first-order valence-corrected chi connectivity index (χ1v) is 7.70. The topological polar surface area (TPSA) is 75.3 Å². The van der Waals surface area contributed by atoms with Crippen molar-refractivity contribution in [1.82, 2.24) is 15.1 Å². The second-order valence-electron chi connectivity index (χ2n) is 6.33. The maximum Gasteiger partial charge on any atom is 0.274 e. The Bertz CT molecular complexity index is 585. The lowest BCUT2D eigenvalue weighted by atomic mass is 9.87. The van der Waals surface area contributed by atoms with E-state index in [9.17, 15) is 9.59 Å². The van der Waals surface area contributed by atoms with Crippen LogP contribution in [0.25, 0.3) is 0 Å². The van der Waals surface area contributed by atoms with Gasteiger partial charge in [-0.3, -0.25) is 14.7 Å². The van der Waals surface area contributed by atoms with Crippen LogP contribution in [0.3, 0.4) is 0 Å². The van der Waals surface area contributed by atoms with Gasteiger partial charge in [-0.05, 0) is 31.7 Å². The van der Waals surface area contributed by atoms with Crippen LogP contribution in [-0.4, -0.2) is 52.1 Å². The summed E-state index contributed by atoms with van der Waals surface area (Å²) < 4.78 is 5.66. The zero-order valence-electron chi connectivity index (χ0n) is 11.9. The lowest BCUT2D eigenvalue weighted by Gasteiger charge is -2.36. The van der Waals surface area contributed by atoms with Crippen LogP contribution in [0.4, 0.5) is 0 Å². The fourth-order valence-electron chi connectivity index (χ4n) is 3.35. The lowest BCUT2D eigenvalue weighted by molar-refractivity contribution is -0.144. The molecule has 4 rings (SSSR count). The van der Waals surface area contributed by atoms with Gasteiger partial charge in [0.05, 0.1) is 6.54 Å². The van der Waals surface area contributed by atoms with Gasteiger partial charge in [-0.2, -0.15) is 5.10 Å². The number of H-pyrrole nitrogens is 1. The van der Waals surface area contributed by atoms with Crippen molar-refractivity contribution in [2.75, 3.05) is 19.7 Å². The molecule has 2 saturated heterocycles. The molecule has 1 unspecified atom stereocenters. The van der Waals surface area contributed by atoms with E-state index in [1.54, 1.807) is 4.90 Å². The monoisotopic (exact) mass is 289 g/mol. The van der Waals surface area contributed by atoms with Crippen molar-refractivity contribution < 1.29 is 14.3 Å². The minimum Gasteiger partial charge on any atom is -0.367 e. The summed E-state index contributed by atoms with van der Waals surface area (Å²) in [5, 5.41) is 7.05. The van der Waals surface area contributed by atoms with Crippen molar-refractivity contribution in [2.45, 2.75) is 43.6 Å². The van der Waals surface area contributed by atoms with E-state index in [0.29, 0.717) is 31.2 Å². The molecule has 0 aromatic carbocycles. The van der Waals surface area contributed by atoms with E-state index in [1.807, 2.05) is 6.07 Å². The number of nitrogens with zero attached hydrogens (tertiary/aromatic N) is 2. The zero-order valence-corrected chi connectivity index (χ0v) is 11.9. The Kier molecular flexibility index (Phi) is 2.89. The molecule has 1 N–H and O–H groups in total. The Morgan fingerprint density at radius 3 is 2.95 bits per heavy atom. The maximum atomic E-state index is 12.5. The molecule has 1 aliphatic carbocycles. The van der Waals surface area contributed by atoms with Gasteiger partial charge in [0, 0.05) is 31.2 Å². The number of carbonyl (C=O) groups excluding carboxylic acids is 2. The minimum atomic E-state index is -0.610. The van der Waals surface area contributed by atoms with Crippen LogP contribution in [0, 0.1) is 0 Å². The van der Waals surface area contributed by atoms with Gasteiger partial charge in [-0.1, -0.05) is 0 Å². The Hall–Kier alpha value is -1.69. The molecule has 3 fully saturated rings. The zero-order chi connectivity index (χ0) is 14.4. The lowest BCUT2D eigenvalue weighted by Crippen LogP contribution is -2.53. The summed E-state index contributed by atoms with van der Waals surface area (Å²) in [6.07, 6.45) is 4.67. The Labute approximate surface area is 122 Å². The number of ketones is 1. The van der Waals surface area contributed by atoms with Gasteiger partial charge in [0.1, 0.15) is 11.3 Å². The van der Waals surface area contributed by atoms with Crippen LogP contribution in [0.5, 0.6) is 0 Å². The molecule has 3 aliphatic rings. The summed E-state index contributed by atoms with van der Waals surface area (Å²) in [5.74, 6) is 0.425. The summed E-state index contributed by atoms with van der Waals surface area (Å²) in [6.45, 7) is 1.37. The van der Waals surface area contributed by atoms with Gasteiger partial charge in [0.15, 0.2) is 5.78 Å². The summed E-state index contributed by atoms with van der Waals surface area (Å²) in [7, 11) is 0. The second-order valence-corrected chi connectivity index (χ2v) is 6.33. The molecule has 6 nitrogen and oxygen atoms in total. The highest BCUT2D eigenvalue weighted by Crippen LogP contribution is 2.39. The minimum absolute atomic E-state index is 0.0394. The highest BCUT2D eigenvalue weighted by atomic mass is 16.5. The number of aromatic amines is 1. The number of likely N-dealkylation sites (tertiary alicyclic amines) is 1. The second kappa shape index (κ2) is 4.66. The van der Waals surface area contributed by atoms with Gasteiger partial charge in [0.2, 0.25) is 0 Å². The molecule has 0 bridgehead atoms. The number of nitrogens with one attached hydrogen (secondary N) is 1. The van der Waals surface area contributed by atoms with Gasteiger partial charge in [0.25, 0.3) is 5.91 Å². The number of hydrogen-bond donors (Lipinski definition) is 1. The van der Waals surface area contributed by atoms with Gasteiger partial charge in [-0.15, -0.1) is 0 Å². The molecule has 112 valence electrons. The van der Waals surface area contributed by atoms with E-state index in [1.165, 1.54) is 0 Å². The number of rotatable bonds is 2. The average Bonchev–Trinajstić information content (AvgIpc) is 3.03. The third-order valence-corrected chi connectivity index (χ3v) is 4.85. The normalized spacial score (nSPS) is 29.3. The van der Waals surface area contributed by atoms with Crippen LogP contribution in [0.2, 0.25) is 0 Å². The molecule has 1 aromatic heterocycles. The molecule has 1 atom stereocenters. The summed E-state index contributed by atoms with van der Waals surface area (Å²) in [6, 6.07) is 1.83. The van der Waals surface area contributed by atoms with E-state index >= 15 is 0 Å². The predicted octanol–water partition coefficient (Wildman–Crippen LogP) is 1.25. The van der Waals surface area contributed by atoms with Crippen LogP contribution in [-0.2, 0) is 9.53 Å². The molecule has 1 spiro atoms. The van der Waals surface area contributed by atoms with Crippen molar-refractivity contribution in [3.8, 4) is 0 Å². The van der Waals surface area contributed by atoms with Crippen molar-refractivity contribution >= 4 is 11.7 Å². The quantitative estimate of drug-likeness (QED) is 0.889. The third kappa shape index (κ3) is 2.18. The molecule has 2 aliphatic heterocycles. The number of piperidine rings is 1. The van der Waals surface area contributed by atoms with Crippen LogP contribution < -0.4 is 0 Å². The Morgan fingerprint density at radius 1 is 1.43 bits per heavy atom. The predicted molar refractivity (Wildman–Crippen MR) is 74.0 cm³/mol. The molecule has 0 radical (unpaired) electrons. The van der Waals surface area contributed by atoms with E-state index in [-0.39, 0.29) is 18.2 Å². The fourth-order valence-corrected chi connectivity index (χ4v) is 3.35. The number of aromatic nitrogens is 2. The number of carbonyl (C=O) groups is 2. The van der Waals surface area contributed by atoms with Crippen molar-refractivity contribution in [3.63, 3.8) is 0 Å². The molecule has 21 heavy (non-hydrogen) atoms. The van der Waals surface area contributed by atoms with Crippen LogP contribution in [0.15, 0.2) is 6.07 Å². The molecule has 3 heterocycles. The van der Waals surface area contributed by atoms with Crippen LogP contribution >= 0.6 is 0 Å². The molecule has 1 amide bonds. The van der Waals surface area contributed by atoms with Crippen LogP contribution in [0.1, 0.15) is 54.2 Å². The number of ether oxygens (including phenoxy) is 1. The molecule has 1 aromatic rings. The van der Waals surface area contributed by atoms with Gasteiger partial charge < -0.3 is 9.64 Å². The standard InChI is InChI=1S/C15H19N3O3/c19-13-9-18(6-5-15(13)4-1-7-21-15)14(20)12-8-11(16-17-12)10-2-3-10/h8,10H,1-7,9H2,(H,16,17). The molecule has 1 saturated carbocycles. The first-order valence-electron chi connectivity index (χ1n) is 7.70. The van der Waals surface area contributed by atoms with Crippen molar-refractivity contribution in [1.29, 1.82) is 0 Å².